The minimum absolute atomic E-state index is 0.0810. The van der Waals surface area contributed by atoms with Crippen LogP contribution in [-0.2, 0) is 11.3 Å². The van der Waals surface area contributed by atoms with Gasteiger partial charge >= 0.3 is 5.97 Å². The number of nitrogens with zero attached hydrogens (tertiary/aromatic N) is 2. The molecule has 0 radical (unpaired) electrons. The Balaban J connectivity index is 1.15. The van der Waals surface area contributed by atoms with Crippen molar-refractivity contribution in [3.63, 3.8) is 0 Å². The summed E-state index contributed by atoms with van der Waals surface area (Å²) in [7, 11) is 0. The second kappa shape index (κ2) is 14.1. The van der Waals surface area contributed by atoms with E-state index in [1.807, 2.05) is 30.0 Å². The number of unbranched alkanes of at least 4 members (excludes halogenated alkanes) is 1. The van der Waals surface area contributed by atoms with Gasteiger partial charge in [0.25, 0.3) is 5.91 Å². The molecule has 1 atom stereocenters. The van der Waals surface area contributed by atoms with Crippen LogP contribution in [0.2, 0.25) is 0 Å². The van der Waals surface area contributed by atoms with Gasteiger partial charge in [-0.1, -0.05) is 0 Å². The Morgan fingerprint density at radius 3 is 2.48 bits per heavy atom. The van der Waals surface area contributed by atoms with E-state index >= 15 is 0 Å². The number of hydrogen-bond acceptors (Lipinski definition) is 7. The number of carbonyl (C=O) groups is 3. The molecule has 5 rings (SSSR count). The number of anilines is 1. The molecule has 2 heterocycles. The van der Waals surface area contributed by atoms with Crippen molar-refractivity contribution in [2.45, 2.75) is 76.9 Å². The van der Waals surface area contributed by atoms with Crippen LogP contribution in [-0.4, -0.2) is 83.5 Å². The van der Waals surface area contributed by atoms with E-state index in [1.54, 1.807) is 18.2 Å². The summed E-state index contributed by atoms with van der Waals surface area (Å²) in [6, 6.07) is 10.9. The van der Waals surface area contributed by atoms with Gasteiger partial charge in [0.1, 0.15) is 5.75 Å². The normalized spacial score (nSPS) is 18.9. The SMILES string of the molecule is CCOc1cc(C(=O)O)c(C2CC2)cc1CN1CCC2(CC1)CC(=O)N(c1ccc(C(=O)NCCCCC(O)CO)cc1)C2. The Bertz CT molecular complexity index is 1330. The first-order valence-electron chi connectivity index (χ1n) is 15.9. The lowest BCUT2D eigenvalue weighted by Gasteiger charge is -2.39. The van der Waals surface area contributed by atoms with Crippen LogP contribution < -0.4 is 15.0 Å². The zero-order chi connectivity index (χ0) is 31.3. The zero-order valence-electron chi connectivity index (χ0n) is 25.6. The number of aliphatic hydroxyl groups is 2. The Kier molecular flexibility index (Phi) is 10.2. The molecular formula is C34H45N3O7. The van der Waals surface area contributed by atoms with E-state index in [-0.39, 0.29) is 23.8 Å². The standard InChI is InChI=1S/C34H45N3O7/c1-2-44-30-18-29(33(42)43)28(23-6-7-23)17-25(30)20-36-15-12-34(13-16-36)19-31(40)37(22-34)26-10-8-24(9-11-26)32(41)35-14-4-3-5-27(39)21-38/h8-11,17-18,23,27,38-39H,2-7,12-16,19-22H2,1H3,(H,35,41)(H,42,43). The summed E-state index contributed by atoms with van der Waals surface area (Å²) in [5.41, 5.74) is 3.55. The molecular weight excluding hydrogens is 562 g/mol. The quantitative estimate of drug-likeness (QED) is 0.237. The van der Waals surface area contributed by atoms with Crippen molar-refractivity contribution in [3.05, 3.63) is 58.7 Å². The summed E-state index contributed by atoms with van der Waals surface area (Å²) in [4.78, 5) is 41.8. The average Bonchev–Trinajstić information content (AvgIpc) is 3.82. The maximum Gasteiger partial charge on any atom is 0.336 e. The molecule has 10 nitrogen and oxygen atoms in total. The van der Waals surface area contributed by atoms with Crippen LogP contribution >= 0.6 is 0 Å². The lowest BCUT2D eigenvalue weighted by Crippen LogP contribution is -2.41. The number of ether oxygens (including phenoxy) is 1. The van der Waals surface area contributed by atoms with Gasteiger partial charge < -0.3 is 30.3 Å². The van der Waals surface area contributed by atoms with Crippen molar-refractivity contribution in [2.24, 2.45) is 5.41 Å². The highest BCUT2D eigenvalue weighted by atomic mass is 16.5. The first-order valence-corrected chi connectivity index (χ1v) is 15.9. The molecule has 2 aromatic carbocycles. The van der Waals surface area contributed by atoms with Crippen LogP contribution in [0.25, 0.3) is 0 Å². The Morgan fingerprint density at radius 2 is 1.84 bits per heavy atom. The molecule has 4 N–H and O–H groups in total. The third-order valence-corrected chi connectivity index (χ3v) is 9.31. The van der Waals surface area contributed by atoms with Crippen molar-refractivity contribution in [3.8, 4) is 5.75 Å². The first-order chi connectivity index (χ1) is 21.2. The maximum absolute atomic E-state index is 13.2. The molecule has 2 saturated heterocycles. The molecule has 3 aliphatic rings. The number of carbonyl (C=O) groups excluding carboxylic acids is 2. The number of nitrogens with one attached hydrogen (secondary N) is 1. The number of carboxylic acids is 1. The molecule has 3 fully saturated rings. The van der Waals surface area contributed by atoms with Gasteiger partial charge in [-0.25, -0.2) is 4.79 Å². The Hall–Kier alpha value is -3.47. The molecule has 0 bridgehead atoms. The minimum Gasteiger partial charge on any atom is -0.494 e. The van der Waals surface area contributed by atoms with Crippen LogP contribution in [0.4, 0.5) is 5.69 Å². The fourth-order valence-electron chi connectivity index (χ4n) is 6.56. The Labute approximate surface area is 259 Å². The first kappa shape index (κ1) is 31.9. The highest BCUT2D eigenvalue weighted by Gasteiger charge is 2.45. The van der Waals surface area contributed by atoms with E-state index in [9.17, 15) is 24.6 Å². The van der Waals surface area contributed by atoms with Crippen LogP contribution in [0.15, 0.2) is 36.4 Å². The maximum atomic E-state index is 13.2. The van der Waals surface area contributed by atoms with Crippen molar-refractivity contribution >= 4 is 23.5 Å². The molecule has 0 aromatic heterocycles. The molecule has 1 spiro atoms. The van der Waals surface area contributed by atoms with E-state index in [4.69, 9.17) is 9.84 Å². The smallest absolute Gasteiger partial charge is 0.336 e. The van der Waals surface area contributed by atoms with Crippen molar-refractivity contribution in [1.82, 2.24) is 10.2 Å². The molecule has 2 amide bonds. The number of rotatable bonds is 14. The lowest BCUT2D eigenvalue weighted by molar-refractivity contribution is -0.118. The highest BCUT2D eigenvalue weighted by Crippen LogP contribution is 2.45. The number of aromatic carboxylic acids is 1. The predicted octanol–water partition coefficient (Wildman–Crippen LogP) is 3.93. The third-order valence-electron chi connectivity index (χ3n) is 9.31. The molecule has 1 saturated carbocycles. The van der Waals surface area contributed by atoms with Gasteiger partial charge in [-0.2, -0.15) is 0 Å². The number of aliphatic hydroxyl groups excluding tert-OH is 2. The number of amides is 2. The van der Waals surface area contributed by atoms with Gasteiger partial charge in [0.15, 0.2) is 0 Å². The molecule has 2 aliphatic heterocycles. The van der Waals surface area contributed by atoms with E-state index in [0.29, 0.717) is 68.3 Å². The van der Waals surface area contributed by atoms with E-state index in [2.05, 4.69) is 10.2 Å². The fraction of sp³-hybridized carbons (Fsp3) is 0.559. The second-order valence-electron chi connectivity index (χ2n) is 12.6. The van der Waals surface area contributed by atoms with Gasteiger partial charge in [-0.3, -0.25) is 14.5 Å². The molecule has 10 heteroatoms. The summed E-state index contributed by atoms with van der Waals surface area (Å²) in [6.45, 7) is 5.68. The minimum atomic E-state index is -0.906. The highest BCUT2D eigenvalue weighted by molar-refractivity contribution is 5.98. The molecule has 44 heavy (non-hydrogen) atoms. The van der Waals surface area contributed by atoms with Crippen LogP contribution in [0, 0.1) is 5.41 Å². The van der Waals surface area contributed by atoms with Crippen molar-refractivity contribution in [2.75, 3.05) is 44.3 Å². The molecule has 1 unspecified atom stereocenters. The third kappa shape index (κ3) is 7.60. The Morgan fingerprint density at radius 1 is 1.11 bits per heavy atom. The number of carboxylic acid groups (broad SMARTS) is 1. The topological polar surface area (TPSA) is 140 Å². The summed E-state index contributed by atoms with van der Waals surface area (Å²) in [5.74, 6) is -0.00593. The number of likely N-dealkylation sites (tertiary alicyclic amines) is 1. The summed E-state index contributed by atoms with van der Waals surface area (Å²) in [5, 5.41) is 30.9. The van der Waals surface area contributed by atoms with Crippen LogP contribution in [0.5, 0.6) is 5.75 Å². The number of hydrogen-bond donors (Lipinski definition) is 4. The van der Waals surface area contributed by atoms with Crippen LogP contribution in [0.3, 0.4) is 0 Å². The predicted molar refractivity (Wildman–Crippen MR) is 166 cm³/mol. The average molecular weight is 608 g/mol. The fourth-order valence-corrected chi connectivity index (χ4v) is 6.56. The van der Waals surface area contributed by atoms with Crippen molar-refractivity contribution < 1.29 is 34.4 Å². The van der Waals surface area contributed by atoms with Gasteiger partial charge in [0, 0.05) is 42.9 Å². The van der Waals surface area contributed by atoms with Crippen LogP contribution in [0.1, 0.15) is 96.1 Å². The largest absolute Gasteiger partial charge is 0.494 e. The molecule has 1 aliphatic carbocycles. The number of benzene rings is 2. The number of piperidine rings is 1. The summed E-state index contributed by atoms with van der Waals surface area (Å²) >= 11 is 0. The summed E-state index contributed by atoms with van der Waals surface area (Å²) < 4.78 is 5.88. The summed E-state index contributed by atoms with van der Waals surface area (Å²) in [6.07, 6.45) is 5.59. The zero-order valence-corrected chi connectivity index (χ0v) is 25.6. The molecule has 238 valence electrons. The van der Waals surface area contributed by atoms with Gasteiger partial charge in [0.05, 0.1) is 24.9 Å². The lowest BCUT2D eigenvalue weighted by atomic mass is 9.77. The van der Waals surface area contributed by atoms with Gasteiger partial charge in [-0.15, -0.1) is 0 Å². The second-order valence-corrected chi connectivity index (χ2v) is 12.6. The monoisotopic (exact) mass is 607 g/mol. The van der Waals surface area contributed by atoms with Gasteiger partial charge in [0.2, 0.25) is 5.91 Å². The van der Waals surface area contributed by atoms with Gasteiger partial charge in [-0.05, 0) is 118 Å². The van der Waals surface area contributed by atoms with E-state index < -0.39 is 12.1 Å². The van der Waals surface area contributed by atoms with E-state index in [0.717, 1.165) is 62.0 Å². The molecule has 2 aromatic rings. The van der Waals surface area contributed by atoms with Crippen molar-refractivity contribution in [1.29, 1.82) is 0 Å². The van der Waals surface area contributed by atoms with E-state index in [1.165, 1.54) is 0 Å².